The lowest BCUT2D eigenvalue weighted by Crippen LogP contribution is -2.34. The molecule has 2 fully saturated rings. The lowest BCUT2D eigenvalue weighted by atomic mass is 10.1. The lowest BCUT2D eigenvalue weighted by molar-refractivity contribution is -0.129. The Morgan fingerprint density at radius 2 is 2.14 bits per heavy atom. The normalized spacial score (nSPS) is 22.3. The first-order chi connectivity index (χ1) is 10.6. The largest absolute Gasteiger partial charge is 0.370 e. The summed E-state index contributed by atoms with van der Waals surface area (Å²) in [6.45, 7) is 3.15. The van der Waals surface area contributed by atoms with E-state index >= 15 is 0 Å². The van der Waals surface area contributed by atoms with E-state index < -0.39 is 0 Å². The Hall–Kier alpha value is -1.91. The van der Waals surface area contributed by atoms with Crippen molar-refractivity contribution in [2.24, 2.45) is 5.92 Å². The predicted octanol–water partition coefficient (Wildman–Crippen LogP) is 2.49. The highest BCUT2D eigenvalue weighted by Crippen LogP contribution is 2.29. The van der Waals surface area contributed by atoms with Gasteiger partial charge in [-0.2, -0.15) is 0 Å². The first-order valence-electron chi connectivity index (χ1n) is 8.14. The molecule has 118 valence electrons. The number of rotatable bonds is 5. The number of Topliss-reactive ketones (excluding diaryl/α,β-unsaturated/α-hetero) is 1. The van der Waals surface area contributed by atoms with Gasteiger partial charge in [0.25, 0.3) is 0 Å². The number of ketones is 1. The summed E-state index contributed by atoms with van der Waals surface area (Å²) in [6, 6.07) is 4.08. The van der Waals surface area contributed by atoms with Crippen LogP contribution in [0.3, 0.4) is 0 Å². The second-order valence-electron chi connectivity index (χ2n) is 6.42. The third-order valence-electron chi connectivity index (χ3n) is 4.75. The molecule has 2 heterocycles. The molecule has 1 saturated heterocycles. The second kappa shape index (κ2) is 6.46. The molecule has 2 aliphatic rings. The molecule has 1 amide bonds. The summed E-state index contributed by atoms with van der Waals surface area (Å²) in [5, 5.41) is 3.28. The van der Waals surface area contributed by atoms with Crippen LogP contribution in [0.2, 0.25) is 0 Å². The third-order valence-corrected chi connectivity index (χ3v) is 4.75. The van der Waals surface area contributed by atoms with Crippen LogP contribution in [0.25, 0.3) is 0 Å². The van der Waals surface area contributed by atoms with Crippen LogP contribution < -0.4 is 5.32 Å². The van der Waals surface area contributed by atoms with Gasteiger partial charge in [-0.3, -0.25) is 9.59 Å². The number of pyridine rings is 1. The topological polar surface area (TPSA) is 62.3 Å². The number of carbonyl (C=O) groups excluding carboxylic acids is 2. The van der Waals surface area contributed by atoms with Crippen molar-refractivity contribution in [1.29, 1.82) is 0 Å². The van der Waals surface area contributed by atoms with Crippen LogP contribution in [0.15, 0.2) is 18.3 Å². The molecular formula is C17H23N3O2. The van der Waals surface area contributed by atoms with E-state index in [1.54, 1.807) is 12.3 Å². The molecule has 1 aliphatic carbocycles. The Bertz CT molecular complexity index is 550. The summed E-state index contributed by atoms with van der Waals surface area (Å²) in [7, 11) is 0. The molecule has 1 aromatic heterocycles. The van der Waals surface area contributed by atoms with Crippen LogP contribution in [-0.2, 0) is 4.79 Å². The smallest absolute Gasteiger partial charge is 0.223 e. The third kappa shape index (κ3) is 3.29. The maximum absolute atomic E-state index is 12.1. The van der Waals surface area contributed by atoms with E-state index in [1.165, 1.54) is 32.6 Å². The van der Waals surface area contributed by atoms with Crippen molar-refractivity contribution < 1.29 is 9.59 Å². The van der Waals surface area contributed by atoms with Gasteiger partial charge in [-0.15, -0.1) is 0 Å². The van der Waals surface area contributed by atoms with Gasteiger partial charge in [-0.25, -0.2) is 4.98 Å². The van der Waals surface area contributed by atoms with Crippen LogP contribution >= 0.6 is 0 Å². The van der Waals surface area contributed by atoms with Crippen LogP contribution in [0.4, 0.5) is 5.82 Å². The molecule has 1 atom stereocenters. The zero-order chi connectivity index (χ0) is 15.5. The highest BCUT2D eigenvalue weighted by atomic mass is 16.2. The van der Waals surface area contributed by atoms with Crippen molar-refractivity contribution >= 4 is 17.5 Å². The predicted molar refractivity (Wildman–Crippen MR) is 84.8 cm³/mol. The number of nitrogens with one attached hydrogen (secondary N) is 1. The van der Waals surface area contributed by atoms with Gasteiger partial charge in [-0.05, 0) is 31.9 Å². The molecule has 1 aromatic rings. The van der Waals surface area contributed by atoms with Crippen LogP contribution in [0.1, 0.15) is 49.4 Å². The summed E-state index contributed by atoms with van der Waals surface area (Å²) >= 11 is 0. The number of anilines is 1. The van der Waals surface area contributed by atoms with Gasteiger partial charge >= 0.3 is 0 Å². The summed E-state index contributed by atoms with van der Waals surface area (Å²) < 4.78 is 0. The van der Waals surface area contributed by atoms with E-state index in [1.807, 2.05) is 6.07 Å². The van der Waals surface area contributed by atoms with Gasteiger partial charge in [0, 0.05) is 43.2 Å². The maximum Gasteiger partial charge on any atom is 0.223 e. The molecular weight excluding hydrogens is 278 g/mol. The Labute approximate surface area is 131 Å². The van der Waals surface area contributed by atoms with Crippen LogP contribution in [-0.4, -0.2) is 40.7 Å². The van der Waals surface area contributed by atoms with Crippen molar-refractivity contribution in [2.75, 3.05) is 18.4 Å². The summed E-state index contributed by atoms with van der Waals surface area (Å²) in [6.07, 6.45) is 7.07. The molecule has 5 nitrogen and oxygen atoms in total. The average Bonchev–Trinajstić information content (AvgIpc) is 3.14. The molecule has 0 bridgehead atoms. The van der Waals surface area contributed by atoms with E-state index in [2.05, 4.69) is 15.2 Å². The number of carbonyl (C=O) groups is 2. The lowest BCUT2D eigenvalue weighted by Gasteiger charge is -2.24. The fraction of sp³-hybridized carbons (Fsp3) is 0.588. The summed E-state index contributed by atoms with van der Waals surface area (Å²) in [4.78, 5) is 29.7. The number of aromatic nitrogens is 1. The number of amides is 1. The van der Waals surface area contributed by atoms with Crippen LogP contribution in [0.5, 0.6) is 0 Å². The van der Waals surface area contributed by atoms with E-state index in [-0.39, 0.29) is 5.78 Å². The highest BCUT2D eigenvalue weighted by Gasteiger charge is 2.35. The molecule has 1 saturated carbocycles. The maximum atomic E-state index is 12.1. The molecule has 1 aliphatic heterocycles. The molecule has 5 heteroatoms. The number of nitrogens with zero attached hydrogens (tertiary/aromatic N) is 2. The highest BCUT2D eigenvalue weighted by molar-refractivity contribution is 5.93. The fourth-order valence-corrected chi connectivity index (χ4v) is 3.47. The van der Waals surface area contributed by atoms with E-state index in [9.17, 15) is 9.59 Å². The van der Waals surface area contributed by atoms with Crippen molar-refractivity contribution in [1.82, 2.24) is 9.88 Å². The monoisotopic (exact) mass is 301 g/mol. The van der Waals surface area contributed by atoms with Gasteiger partial charge in [0.1, 0.15) is 5.82 Å². The first-order valence-corrected chi connectivity index (χ1v) is 8.14. The minimum absolute atomic E-state index is 0.0210. The Morgan fingerprint density at radius 1 is 1.36 bits per heavy atom. The number of hydrogen-bond acceptors (Lipinski definition) is 4. The minimum Gasteiger partial charge on any atom is -0.370 e. The quantitative estimate of drug-likeness (QED) is 0.849. The van der Waals surface area contributed by atoms with Crippen molar-refractivity contribution in [3.8, 4) is 0 Å². The molecule has 3 rings (SSSR count). The zero-order valence-corrected chi connectivity index (χ0v) is 13.0. The standard InChI is InChI=1S/C17H23N3O2/c1-12(21)14-6-7-16(19-10-14)18-9-13-8-17(22)20(11-13)15-4-2-3-5-15/h6-7,10,13,15H,2-5,8-9,11H2,1H3,(H,18,19). The van der Waals surface area contributed by atoms with Gasteiger partial charge < -0.3 is 10.2 Å². The number of likely N-dealkylation sites (tertiary alicyclic amines) is 1. The molecule has 1 unspecified atom stereocenters. The Morgan fingerprint density at radius 3 is 2.77 bits per heavy atom. The summed E-state index contributed by atoms with van der Waals surface area (Å²) in [5.74, 6) is 1.44. The SMILES string of the molecule is CC(=O)c1ccc(NCC2CC(=O)N(C3CCCC3)C2)nc1. The zero-order valence-electron chi connectivity index (χ0n) is 13.0. The first kappa shape index (κ1) is 15.0. The van der Waals surface area contributed by atoms with Gasteiger partial charge in [-0.1, -0.05) is 12.8 Å². The molecule has 0 aromatic carbocycles. The fourth-order valence-electron chi connectivity index (χ4n) is 3.47. The van der Waals surface area contributed by atoms with Crippen molar-refractivity contribution in [3.63, 3.8) is 0 Å². The van der Waals surface area contributed by atoms with Crippen molar-refractivity contribution in [3.05, 3.63) is 23.9 Å². The second-order valence-corrected chi connectivity index (χ2v) is 6.42. The van der Waals surface area contributed by atoms with Crippen molar-refractivity contribution in [2.45, 2.75) is 45.1 Å². The van der Waals surface area contributed by atoms with E-state index in [0.29, 0.717) is 29.9 Å². The van der Waals surface area contributed by atoms with Gasteiger partial charge in [0.15, 0.2) is 5.78 Å². The van der Waals surface area contributed by atoms with Gasteiger partial charge in [0.05, 0.1) is 0 Å². The van der Waals surface area contributed by atoms with E-state index in [0.717, 1.165) is 18.9 Å². The molecule has 0 radical (unpaired) electrons. The van der Waals surface area contributed by atoms with E-state index in [4.69, 9.17) is 0 Å². The minimum atomic E-state index is 0.0210. The average molecular weight is 301 g/mol. The van der Waals surface area contributed by atoms with Crippen LogP contribution in [0, 0.1) is 5.92 Å². The summed E-state index contributed by atoms with van der Waals surface area (Å²) in [5.41, 5.74) is 0.619. The Kier molecular flexibility index (Phi) is 4.41. The molecule has 0 spiro atoms. The molecule has 22 heavy (non-hydrogen) atoms. The number of hydrogen-bond donors (Lipinski definition) is 1. The Balaban J connectivity index is 1.51. The molecule has 1 N–H and O–H groups in total. The van der Waals surface area contributed by atoms with Gasteiger partial charge in [0.2, 0.25) is 5.91 Å².